The van der Waals surface area contributed by atoms with Gasteiger partial charge in [-0.3, -0.25) is 0 Å². The summed E-state index contributed by atoms with van der Waals surface area (Å²) in [5, 5.41) is 0. The summed E-state index contributed by atoms with van der Waals surface area (Å²) in [7, 11) is 0. The van der Waals surface area contributed by atoms with E-state index in [4.69, 9.17) is 0 Å². The van der Waals surface area contributed by atoms with Crippen molar-refractivity contribution in [2.45, 2.75) is 13.8 Å². The standard InChI is InChI=1S/C30H24N2/c1-21-9-11-31-19-27(17-29(31)13-21)25-7-3-5-23(15-25)24-6-4-8-26(16-24)28-18-30-14-22(2)10-12-32(30)20-28/h3-20H,1-2H3. The van der Waals surface area contributed by atoms with E-state index in [2.05, 4.69) is 132 Å². The first-order chi connectivity index (χ1) is 15.6. The summed E-state index contributed by atoms with van der Waals surface area (Å²) in [6.45, 7) is 4.27. The summed E-state index contributed by atoms with van der Waals surface area (Å²) >= 11 is 0. The van der Waals surface area contributed by atoms with Crippen LogP contribution >= 0.6 is 0 Å². The average Bonchev–Trinajstić information content (AvgIpc) is 3.43. The fourth-order valence-electron chi connectivity index (χ4n) is 4.51. The second kappa shape index (κ2) is 7.28. The lowest BCUT2D eigenvalue weighted by Gasteiger charge is -2.07. The zero-order chi connectivity index (χ0) is 21.7. The molecule has 0 amide bonds. The lowest BCUT2D eigenvalue weighted by atomic mass is 9.97. The van der Waals surface area contributed by atoms with E-state index < -0.39 is 0 Å². The monoisotopic (exact) mass is 412 g/mol. The predicted molar refractivity (Wildman–Crippen MR) is 134 cm³/mol. The first-order valence-electron chi connectivity index (χ1n) is 11.0. The van der Waals surface area contributed by atoms with Crippen molar-refractivity contribution in [2.24, 2.45) is 0 Å². The van der Waals surface area contributed by atoms with E-state index in [0.717, 1.165) is 0 Å². The van der Waals surface area contributed by atoms with Crippen molar-refractivity contribution in [3.05, 3.63) is 121 Å². The molecule has 0 atom stereocenters. The summed E-state index contributed by atoms with van der Waals surface area (Å²) in [6, 6.07) is 30.9. The fraction of sp³-hybridized carbons (Fsp3) is 0.0667. The number of aryl methyl sites for hydroxylation is 2. The van der Waals surface area contributed by atoms with E-state index in [-0.39, 0.29) is 0 Å². The van der Waals surface area contributed by atoms with Crippen LogP contribution in [0.15, 0.2) is 110 Å². The SMILES string of the molecule is Cc1ccn2cc(-c3cccc(-c4cccc(-c5cc6cc(C)ccn6c5)c4)c3)cc2c1. The fourth-order valence-corrected chi connectivity index (χ4v) is 4.51. The molecule has 0 aliphatic heterocycles. The summed E-state index contributed by atoms with van der Waals surface area (Å²) < 4.78 is 4.38. The predicted octanol–water partition coefficient (Wildman–Crippen LogP) is 7.81. The molecule has 0 fully saturated rings. The number of rotatable bonds is 3. The molecule has 0 aliphatic rings. The Kier molecular flexibility index (Phi) is 4.26. The molecule has 2 aromatic carbocycles. The van der Waals surface area contributed by atoms with Crippen molar-refractivity contribution in [1.82, 2.24) is 8.80 Å². The van der Waals surface area contributed by atoms with Gasteiger partial charge in [-0.05, 0) is 95.8 Å². The Morgan fingerprint density at radius 1 is 0.438 bits per heavy atom. The van der Waals surface area contributed by atoms with E-state index in [1.54, 1.807) is 0 Å². The highest BCUT2D eigenvalue weighted by atomic mass is 14.9. The molecule has 0 spiro atoms. The maximum atomic E-state index is 2.29. The number of nitrogens with zero attached hydrogens (tertiary/aromatic N) is 2. The maximum Gasteiger partial charge on any atom is 0.0458 e. The van der Waals surface area contributed by atoms with Crippen LogP contribution in [0.5, 0.6) is 0 Å². The van der Waals surface area contributed by atoms with E-state index in [9.17, 15) is 0 Å². The highest BCUT2D eigenvalue weighted by Gasteiger charge is 2.08. The van der Waals surface area contributed by atoms with Gasteiger partial charge in [-0.15, -0.1) is 0 Å². The normalized spacial score (nSPS) is 11.4. The third kappa shape index (κ3) is 3.30. The molecule has 6 rings (SSSR count). The largest absolute Gasteiger partial charge is 0.323 e. The third-order valence-corrected chi connectivity index (χ3v) is 6.23. The van der Waals surface area contributed by atoms with Gasteiger partial charge in [0, 0.05) is 46.9 Å². The van der Waals surface area contributed by atoms with Crippen molar-refractivity contribution in [3.8, 4) is 33.4 Å². The second-order valence-electron chi connectivity index (χ2n) is 8.69. The van der Waals surface area contributed by atoms with Crippen LogP contribution < -0.4 is 0 Å². The van der Waals surface area contributed by atoms with Gasteiger partial charge in [0.25, 0.3) is 0 Å². The quantitative estimate of drug-likeness (QED) is 0.280. The topological polar surface area (TPSA) is 8.82 Å². The van der Waals surface area contributed by atoms with Gasteiger partial charge in [0.2, 0.25) is 0 Å². The molecular weight excluding hydrogens is 388 g/mol. The Balaban J connectivity index is 1.39. The molecule has 0 saturated carbocycles. The average molecular weight is 413 g/mol. The Morgan fingerprint density at radius 3 is 1.28 bits per heavy atom. The minimum atomic E-state index is 1.23. The molecule has 0 radical (unpaired) electrons. The van der Waals surface area contributed by atoms with Gasteiger partial charge < -0.3 is 8.80 Å². The molecule has 0 aliphatic carbocycles. The van der Waals surface area contributed by atoms with Crippen molar-refractivity contribution < 1.29 is 0 Å². The van der Waals surface area contributed by atoms with Gasteiger partial charge in [-0.25, -0.2) is 0 Å². The van der Waals surface area contributed by atoms with Gasteiger partial charge in [-0.2, -0.15) is 0 Å². The van der Waals surface area contributed by atoms with Crippen LogP contribution in [0.3, 0.4) is 0 Å². The smallest absolute Gasteiger partial charge is 0.0458 e. The van der Waals surface area contributed by atoms with E-state index in [1.165, 1.54) is 55.5 Å². The number of pyridine rings is 2. The first kappa shape index (κ1) is 18.7. The van der Waals surface area contributed by atoms with Crippen LogP contribution in [0.1, 0.15) is 11.1 Å². The second-order valence-corrected chi connectivity index (χ2v) is 8.69. The van der Waals surface area contributed by atoms with Crippen LogP contribution in [0.4, 0.5) is 0 Å². The van der Waals surface area contributed by atoms with Gasteiger partial charge in [0.15, 0.2) is 0 Å². The molecule has 0 N–H and O–H groups in total. The number of fused-ring (bicyclic) bond motifs is 2. The minimum Gasteiger partial charge on any atom is -0.323 e. The minimum absolute atomic E-state index is 1.23. The van der Waals surface area contributed by atoms with E-state index in [1.807, 2.05) is 0 Å². The zero-order valence-electron chi connectivity index (χ0n) is 18.3. The molecule has 0 saturated heterocycles. The van der Waals surface area contributed by atoms with Crippen LogP contribution in [-0.2, 0) is 0 Å². The molecule has 4 aromatic heterocycles. The number of hydrogen-bond acceptors (Lipinski definition) is 0. The lowest BCUT2D eigenvalue weighted by molar-refractivity contribution is 1.18. The molecule has 154 valence electrons. The summed E-state index contributed by atoms with van der Waals surface area (Å²) in [5.41, 5.74) is 12.4. The van der Waals surface area contributed by atoms with Gasteiger partial charge in [0.1, 0.15) is 0 Å². The van der Waals surface area contributed by atoms with E-state index in [0.29, 0.717) is 0 Å². The van der Waals surface area contributed by atoms with Gasteiger partial charge in [-0.1, -0.05) is 36.4 Å². The molecule has 2 nitrogen and oxygen atoms in total. The highest BCUT2D eigenvalue weighted by molar-refractivity contribution is 5.79. The highest BCUT2D eigenvalue weighted by Crippen LogP contribution is 2.31. The summed E-state index contributed by atoms with van der Waals surface area (Å²) in [6.07, 6.45) is 8.67. The van der Waals surface area contributed by atoms with E-state index >= 15 is 0 Å². The molecule has 4 heterocycles. The lowest BCUT2D eigenvalue weighted by Crippen LogP contribution is -1.82. The molecule has 32 heavy (non-hydrogen) atoms. The number of hydrogen-bond donors (Lipinski definition) is 0. The van der Waals surface area contributed by atoms with Crippen molar-refractivity contribution in [1.29, 1.82) is 0 Å². The first-order valence-corrected chi connectivity index (χ1v) is 11.0. The van der Waals surface area contributed by atoms with Crippen molar-refractivity contribution in [3.63, 3.8) is 0 Å². The Labute approximate surface area is 188 Å². The number of benzene rings is 2. The molecule has 0 unspecified atom stereocenters. The summed E-state index contributed by atoms with van der Waals surface area (Å²) in [5.74, 6) is 0. The molecule has 2 heteroatoms. The third-order valence-electron chi connectivity index (χ3n) is 6.23. The van der Waals surface area contributed by atoms with Crippen LogP contribution in [0.25, 0.3) is 44.4 Å². The number of aromatic nitrogens is 2. The maximum absolute atomic E-state index is 2.29. The van der Waals surface area contributed by atoms with Crippen LogP contribution in [0, 0.1) is 13.8 Å². The Morgan fingerprint density at radius 2 is 0.844 bits per heavy atom. The summed E-state index contributed by atoms with van der Waals surface area (Å²) in [4.78, 5) is 0. The van der Waals surface area contributed by atoms with Crippen molar-refractivity contribution >= 4 is 11.0 Å². The van der Waals surface area contributed by atoms with Crippen molar-refractivity contribution in [2.75, 3.05) is 0 Å². The van der Waals surface area contributed by atoms with Gasteiger partial charge >= 0.3 is 0 Å². The molecular formula is C30H24N2. The zero-order valence-corrected chi connectivity index (χ0v) is 18.3. The Bertz CT molecular complexity index is 1470. The molecule has 6 aromatic rings. The van der Waals surface area contributed by atoms with Crippen LogP contribution in [0.2, 0.25) is 0 Å². The van der Waals surface area contributed by atoms with Crippen LogP contribution in [-0.4, -0.2) is 8.80 Å². The van der Waals surface area contributed by atoms with Gasteiger partial charge in [0.05, 0.1) is 0 Å². The Hall–Kier alpha value is -4.04. The molecule has 0 bridgehead atoms.